The molecule has 0 saturated carbocycles. The predicted octanol–water partition coefficient (Wildman–Crippen LogP) is 14.0. The molecule has 1 radical (unpaired) electrons. The van der Waals surface area contributed by atoms with E-state index in [9.17, 15) is 0 Å². The molecule has 0 spiro atoms. The molecule has 0 saturated heterocycles. The minimum Gasteiger partial charge on any atom is -0.355 e. The zero-order chi connectivity index (χ0) is 39.8. The van der Waals surface area contributed by atoms with Gasteiger partial charge in [-0.3, -0.25) is 0 Å². The zero-order valence-corrected chi connectivity index (χ0v) is 35.0. The Balaban J connectivity index is 1.20. The highest BCUT2D eigenvalue weighted by Gasteiger charge is 2.38. The Bertz CT molecular complexity index is 3400. The number of benzene rings is 8. The zero-order valence-electron chi connectivity index (χ0n) is 34.2. The monoisotopic (exact) mass is 775 g/mol. The second-order valence-corrected chi connectivity index (χ2v) is 19.4. The summed E-state index contributed by atoms with van der Waals surface area (Å²) in [5, 5.41) is 11.8. The second-order valence-electron chi connectivity index (χ2n) is 18.3. The van der Waals surface area contributed by atoms with E-state index < -0.39 is 0 Å². The summed E-state index contributed by atoms with van der Waals surface area (Å²) in [6.45, 7) is 12.0. The van der Waals surface area contributed by atoms with Crippen molar-refractivity contribution in [1.29, 1.82) is 0 Å². The van der Waals surface area contributed by atoms with E-state index in [1.54, 1.807) is 0 Å². The molecule has 1 N–H and O–H groups in total. The first kappa shape index (κ1) is 34.9. The highest BCUT2D eigenvalue weighted by Crippen LogP contribution is 2.50. The first-order chi connectivity index (χ1) is 28.6. The van der Waals surface area contributed by atoms with Gasteiger partial charge in [0.15, 0.2) is 7.28 Å². The van der Waals surface area contributed by atoms with Gasteiger partial charge in [-0.1, -0.05) is 142 Å². The molecule has 0 unspecified atom stereocenters. The van der Waals surface area contributed by atoms with Crippen molar-refractivity contribution in [1.82, 2.24) is 4.57 Å². The van der Waals surface area contributed by atoms with Crippen molar-refractivity contribution in [3.63, 3.8) is 0 Å². The fourth-order valence-electron chi connectivity index (χ4n) is 10.5. The van der Waals surface area contributed by atoms with Crippen molar-refractivity contribution >= 4 is 93.7 Å². The van der Waals surface area contributed by atoms with Crippen LogP contribution in [0.3, 0.4) is 0 Å². The number of hydrogen-bond acceptors (Lipinski definition) is 2. The Morgan fingerprint density at radius 3 is 2.12 bits per heavy atom. The molecule has 4 heteroatoms. The molecule has 2 aromatic heterocycles. The van der Waals surface area contributed by atoms with Crippen molar-refractivity contribution in [2.24, 2.45) is 0 Å². The SMILES string of the molecule is Cc1cc2c(cc1Nc1ccc3sc4ccccc4c3c1-c1cc(-c3ccccc3)cc3c1[B]c1cccc4c5ccc6ccccc6c5n-3c14)C(C)(C)CCC2(C)C. The summed E-state index contributed by atoms with van der Waals surface area (Å²) in [6.07, 6.45) is 2.38. The molecule has 2 aliphatic rings. The molecule has 8 aromatic carbocycles. The number of nitrogens with zero attached hydrogens (tertiary/aromatic N) is 1. The molecule has 10 aromatic rings. The van der Waals surface area contributed by atoms with Crippen molar-refractivity contribution in [3.8, 4) is 27.9 Å². The summed E-state index contributed by atoms with van der Waals surface area (Å²) in [7, 11) is 2.47. The van der Waals surface area contributed by atoms with Crippen molar-refractivity contribution < 1.29 is 0 Å². The number of aromatic nitrogens is 1. The van der Waals surface area contributed by atoms with Gasteiger partial charge in [-0.15, -0.1) is 11.3 Å². The van der Waals surface area contributed by atoms with Crippen LogP contribution in [0.25, 0.3) is 80.7 Å². The lowest BCUT2D eigenvalue weighted by Gasteiger charge is -2.42. The Morgan fingerprint density at radius 1 is 0.576 bits per heavy atom. The maximum Gasteiger partial charge on any atom is 0.197 e. The number of anilines is 2. The molecular formula is C55H44BN2S. The number of fused-ring (bicyclic) bond motifs is 11. The summed E-state index contributed by atoms with van der Waals surface area (Å²) < 4.78 is 5.19. The third kappa shape index (κ3) is 5.12. The summed E-state index contributed by atoms with van der Waals surface area (Å²) >= 11 is 1.89. The van der Waals surface area contributed by atoms with Gasteiger partial charge in [0.2, 0.25) is 0 Å². The Hall–Kier alpha value is -6.10. The van der Waals surface area contributed by atoms with Crippen molar-refractivity contribution in [2.45, 2.75) is 58.3 Å². The number of nitrogens with one attached hydrogen (secondary N) is 1. The summed E-state index contributed by atoms with van der Waals surface area (Å²) in [4.78, 5) is 0. The topological polar surface area (TPSA) is 17.0 Å². The van der Waals surface area contributed by atoms with E-state index in [0.717, 1.165) is 5.69 Å². The molecule has 0 fully saturated rings. The van der Waals surface area contributed by atoms with E-state index in [1.807, 2.05) is 11.3 Å². The van der Waals surface area contributed by atoms with Crippen LogP contribution < -0.4 is 16.2 Å². The lowest BCUT2D eigenvalue weighted by atomic mass is 9.58. The number of para-hydroxylation sites is 1. The Labute approximate surface area is 350 Å². The minimum atomic E-state index is 0.103. The van der Waals surface area contributed by atoms with Crippen molar-refractivity contribution in [3.05, 3.63) is 162 Å². The third-order valence-corrected chi connectivity index (χ3v) is 14.9. The smallest absolute Gasteiger partial charge is 0.197 e. The van der Waals surface area contributed by atoms with E-state index in [0.29, 0.717) is 0 Å². The van der Waals surface area contributed by atoms with Crippen molar-refractivity contribution in [2.75, 3.05) is 5.32 Å². The second kappa shape index (κ2) is 12.5. The van der Waals surface area contributed by atoms with Crippen LogP contribution in [0.2, 0.25) is 0 Å². The number of thiophene rings is 1. The van der Waals surface area contributed by atoms with Crippen LogP contribution in [0, 0.1) is 6.92 Å². The van der Waals surface area contributed by atoms with Gasteiger partial charge < -0.3 is 9.88 Å². The molecule has 2 nitrogen and oxygen atoms in total. The van der Waals surface area contributed by atoms with E-state index in [-0.39, 0.29) is 10.8 Å². The largest absolute Gasteiger partial charge is 0.355 e. The van der Waals surface area contributed by atoms with E-state index >= 15 is 0 Å². The first-order valence-electron chi connectivity index (χ1n) is 21.1. The van der Waals surface area contributed by atoms with Gasteiger partial charge in [0.25, 0.3) is 0 Å². The fraction of sp³-hybridized carbons (Fsp3) is 0.164. The fourth-order valence-corrected chi connectivity index (χ4v) is 11.7. The van der Waals surface area contributed by atoms with Crippen LogP contribution in [-0.4, -0.2) is 11.8 Å². The molecule has 283 valence electrons. The van der Waals surface area contributed by atoms with Gasteiger partial charge in [-0.2, -0.15) is 0 Å². The number of hydrogen-bond donors (Lipinski definition) is 1. The molecule has 12 rings (SSSR count). The van der Waals surface area contributed by atoms with Crippen LogP contribution in [0.4, 0.5) is 11.4 Å². The number of rotatable bonds is 4. The Morgan fingerprint density at radius 2 is 1.29 bits per heavy atom. The molecule has 0 amide bonds. The normalized spacial score (nSPS) is 15.1. The van der Waals surface area contributed by atoms with Gasteiger partial charge in [-0.05, 0) is 111 Å². The molecule has 1 aliphatic carbocycles. The molecule has 3 heterocycles. The lowest BCUT2D eigenvalue weighted by Crippen LogP contribution is -2.37. The van der Waals surface area contributed by atoms with Crippen LogP contribution in [0.5, 0.6) is 0 Å². The standard InChI is InChI=1S/C55H44BN2S/c1-32-28-41-42(55(4,5)27-26-54(41,2)3)31-45(32)57-44-24-25-48-50(39-18-11-12-21-47(39)59-48)49(44)40-29-35(33-14-7-6-8-15-33)30-46-51(40)56-43-20-13-19-37-38-23-22-34-16-9-10-17-36(34)52(38)58(46)53(37)43/h6-25,28-31,57H,26-27H2,1-5H3. The van der Waals surface area contributed by atoms with Gasteiger partial charge in [0, 0.05) is 64.5 Å². The predicted molar refractivity (Wildman–Crippen MR) is 257 cm³/mol. The van der Waals surface area contributed by atoms with Gasteiger partial charge in [0.1, 0.15) is 0 Å². The highest BCUT2D eigenvalue weighted by molar-refractivity contribution is 7.26. The molecule has 1 aliphatic heterocycles. The van der Waals surface area contributed by atoms with E-state index in [1.165, 1.54) is 127 Å². The maximum absolute atomic E-state index is 4.14. The minimum absolute atomic E-state index is 0.103. The average molecular weight is 776 g/mol. The third-order valence-electron chi connectivity index (χ3n) is 13.8. The summed E-state index contributed by atoms with van der Waals surface area (Å²) in [5.41, 5.74) is 18.0. The lowest BCUT2D eigenvalue weighted by molar-refractivity contribution is 0.332. The highest BCUT2D eigenvalue weighted by atomic mass is 32.1. The van der Waals surface area contributed by atoms with Gasteiger partial charge in [-0.25, -0.2) is 0 Å². The quantitative estimate of drug-likeness (QED) is 0.176. The van der Waals surface area contributed by atoms with Gasteiger partial charge in [0.05, 0.1) is 5.52 Å². The summed E-state index contributed by atoms with van der Waals surface area (Å²) in [5.74, 6) is 0. The first-order valence-corrected chi connectivity index (χ1v) is 21.9. The molecule has 0 atom stereocenters. The van der Waals surface area contributed by atoms with Crippen LogP contribution in [0.1, 0.15) is 57.2 Å². The number of aryl methyl sites for hydroxylation is 1. The summed E-state index contributed by atoms with van der Waals surface area (Å²) in [6, 6.07) is 54.8. The Kier molecular flexibility index (Phi) is 7.37. The molecule has 0 bridgehead atoms. The van der Waals surface area contributed by atoms with Crippen LogP contribution in [-0.2, 0) is 10.8 Å². The van der Waals surface area contributed by atoms with E-state index in [4.69, 9.17) is 0 Å². The van der Waals surface area contributed by atoms with E-state index in [2.05, 4.69) is 197 Å². The average Bonchev–Trinajstić information content (AvgIpc) is 3.81. The maximum atomic E-state index is 4.14. The van der Waals surface area contributed by atoms with Gasteiger partial charge >= 0.3 is 0 Å². The van der Waals surface area contributed by atoms with Crippen LogP contribution >= 0.6 is 11.3 Å². The molecular weight excluding hydrogens is 731 g/mol. The molecule has 59 heavy (non-hydrogen) atoms. The van der Waals surface area contributed by atoms with Crippen LogP contribution in [0.15, 0.2) is 146 Å².